The molecule has 0 bridgehead atoms. The van der Waals surface area contributed by atoms with Gasteiger partial charge in [-0.1, -0.05) is 0 Å². The molecule has 0 spiro atoms. The number of piperazine rings is 1. The van der Waals surface area contributed by atoms with Crippen molar-refractivity contribution in [2.45, 2.75) is 25.4 Å². The number of hydrogen-bond donors (Lipinski definition) is 2. The number of halogens is 2. The molecular formula is C20H33FIN5O3S. The van der Waals surface area contributed by atoms with E-state index in [1.54, 1.807) is 19.2 Å². The summed E-state index contributed by atoms with van der Waals surface area (Å²) < 4.78 is 45.8. The number of nitrogens with one attached hydrogen (secondary N) is 2. The first kappa shape index (κ1) is 26.1. The fourth-order valence-electron chi connectivity index (χ4n) is 3.72. The van der Waals surface area contributed by atoms with E-state index < -0.39 is 10.0 Å². The zero-order chi connectivity index (χ0) is 21.4. The third kappa shape index (κ3) is 8.35. The van der Waals surface area contributed by atoms with Crippen molar-refractivity contribution in [3.8, 4) is 0 Å². The van der Waals surface area contributed by atoms with Gasteiger partial charge in [0.15, 0.2) is 5.96 Å². The van der Waals surface area contributed by atoms with Crippen LogP contribution in [0.2, 0.25) is 0 Å². The van der Waals surface area contributed by atoms with Crippen LogP contribution in [0.3, 0.4) is 0 Å². The Bertz CT molecular complexity index is 796. The zero-order valence-corrected chi connectivity index (χ0v) is 21.1. The van der Waals surface area contributed by atoms with Gasteiger partial charge in [0, 0.05) is 58.6 Å². The molecule has 2 saturated heterocycles. The fraction of sp³-hybridized carbons (Fsp3) is 0.650. The van der Waals surface area contributed by atoms with Gasteiger partial charge in [0.2, 0.25) is 10.0 Å². The van der Waals surface area contributed by atoms with Crippen molar-refractivity contribution in [2.24, 2.45) is 4.99 Å². The van der Waals surface area contributed by atoms with Gasteiger partial charge in [-0.3, -0.25) is 4.99 Å². The lowest BCUT2D eigenvalue weighted by Crippen LogP contribution is -2.53. The Kier molecular flexibility index (Phi) is 10.7. The van der Waals surface area contributed by atoms with E-state index in [9.17, 15) is 12.8 Å². The van der Waals surface area contributed by atoms with Crippen LogP contribution in [0.15, 0.2) is 29.3 Å². The Labute approximate surface area is 201 Å². The lowest BCUT2D eigenvalue weighted by Gasteiger charge is -2.37. The summed E-state index contributed by atoms with van der Waals surface area (Å²) in [4.78, 5) is 8.59. The molecule has 3 rings (SSSR count). The van der Waals surface area contributed by atoms with Crippen molar-refractivity contribution in [2.75, 3.05) is 63.6 Å². The number of benzene rings is 1. The van der Waals surface area contributed by atoms with Gasteiger partial charge in [-0.2, -0.15) is 0 Å². The van der Waals surface area contributed by atoms with Crippen molar-refractivity contribution in [3.63, 3.8) is 0 Å². The molecule has 0 radical (unpaired) electrons. The Balaban J connectivity index is 0.00000341. The second kappa shape index (κ2) is 12.8. The molecule has 1 aromatic carbocycles. The molecule has 31 heavy (non-hydrogen) atoms. The average Bonchev–Trinajstić information content (AvgIpc) is 2.77. The highest BCUT2D eigenvalue weighted by Gasteiger charge is 2.21. The number of guanidine groups is 1. The number of aliphatic imine (C=N–C) groups is 1. The van der Waals surface area contributed by atoms with Crippen molar-refractivity contribution in [3.05, 3.63) is 30.1 Å². The Morgan fingerprint density at radius 3 is 2.52 bits per heavy atom. The van der Waals surface area contributed by atoms with Crippen LogP contribution >= 0.6 is 24.0 Å². The van der Waals surface area contributed by atoms with Crippen LogP contribution in [0.4, 0.5) is 10.1 Å². The van der Waals surface area contributed by atoms with Crippen LogP contribution in [0.5, 0.6) is 0 Å². The number of nitrogens with zero attached hydrogens (tertiary/aromatic N) is 3. The minimum absolute atomic E-state index is 0. The minimum Gasteiger partial charge on any atom is -0.377 e. The molecule has 2 aliphatic heterocycles. The van der Waals surface area contributed by atoms with Gasteiger partial charge in [0.25, 0.3) is 0 Å². The van der Waals surface area contributed by atoms with Gasteiger partial charge in [0.05, 0.1) is 11.9 Å². The SMILES string of the molecule is CN=C(NCCS(=O)(=O)NCC1CCCCO1)N1CCN(c2ccc(F)cc2)CC1.I. The molecule has 0 amide bonds. The highest BCUT2D eigenvalue weighted by Crippen LogP contribution is 2.17. The normalized spacial score (nSPS) is 20.3. The molecule has 0 saturated carbocycles. The summed E-state index contributed by atoms with van der Waals surface area (Å²) in [5.41, 5.74) is 0.998. The highest BCUT2D eigenvalue weighted by molar-refractivity contribution is 14.0. The van der Waals surface area contributed by atoms with E-state index in [0.29, 0.717) is 19.1 Å². The van der Waals surface area contributed by atoms with Crippen LogP contribution in [0.1, 0.15) is 19.3 Å². The maximum atomic E-state index is 13.1. The van der Waals surface area contributed by atoms with Crippen molar-refractivity contribution in [1.29, 1.82) is 0 Å². The number of hydrogen-bond acceptors (Lipinski definition) is 5. The van der Waals surface area contributed by atoms with Gasteiger partial charge in [-0.15, -0.1) is 24.0 Å². The molecule has 0 aromatic heterocycles. The molecule has 8 nitrogen and oxygen atoms in total. The maximum absolute atomic E-state index is 13.1. The minimum atomic E-state index is -3.37. The molecule has 2 N–H and O–H groups in total. The van der Waals surface area contributed by atoms with Crippen LogP contribution < -0.4 is 14.9 Å². The molecular weight excluding hydrogens is 536 g/mol. The largest absolute Gasteiger partial charge is 0.377 e. The molecule has 2 fully saturated rings. The van der Waals surface area contributed by atoms with Gasteiger partial charge in [0.1, 0.15) is 5.82 Å². The maximum Gasteiger partial charge on any atom is 0.213 e. The average molecular weight is 569 g/mol. The standard InChI is InChI=1S/C20H32FN5O3S.HI/c1-22-20(23-9-15-30(27,28)24-16-19-4-2-3-14-29-19)26-12-10-25(11-13-26)18-7-5-17(21)6-8-18;/h5-8,19,24H,2-4,9-16H2,1H3,(H,22,23);1H. The van der Waals surface area contributed by atoms with E-state index in [4.69, 9.17) is 4.74 Å². The fourth-order valence-corrected chi connectivity index (χ4v) is 4.67. The van der Waals surface area contributed by atoms with E-state index in [2.05, 4.69) is 24.8 Å². The summed E-state index contributed by atoms with van der Waals surface area (Å²) in [6, 6.07) is 6.51. The molecule has 1 unspecified atom stereocenters. The van der Waals surface area contributed by atoms with E-state index in [1.165, 1.54) is 12.1 Å². The predicted octanol–water partition coefficient (Wildman–Crippen LogP) is 1.63. The first-order valence-corrected chi connectivity index (χ1v) is 12.2. The van der Waals surface area contributed by atoms with Gasteiger partial charge in [-0.05, 0) is 43.5 Å². The summed E-state index contributed by atoms with van der Waals surface area (Å²) in [5.74, 6) is 0.436. The first-order chi connectivity index (χ1) is 14.5. The van der Waals surface area contributed by atoms with E-state index in [-0.39, 0.29) is 48.2 Å². The summed E-state index contributed by atoms with van der Waals surface area (Å²) in [5, 5.41) is 3.15. The second-order valence-electron chi connectivity index (χ2n) is 7.58. The van der Waals surface area contributed by atoms with Gasteiger partial charge < -0.3 is 19.9 Å². The summed E-state index contributed by atoms with van der Waals surface area (Å²) in [7, 11) is -1.67. The summed E-state index contributed by atoms with van der Waals surface area (Å²) in [6.07, 6.45) is 3.01. The lowest BCUT2D eigenvalue weighted by molar-refractivity contribution is 0.0200. The molecule has 1 atom stereocenters. The topological polar surface area (TPSA) is 86.3 Å². The predicted molar refractivity (Wildman–Crippen MR) is 132 cm³/mol. The monoisotopic (exact) mass is 569 g/mol. The third-order valence-electron chi connectivity index (χ3n) is 5.44. The molecule has 2 heterocycles. The van der Waals surface area contributed by atoms with Crippen molar-refractivity contribution >= 4 is 45.6 Å². The molecule has 1 aromatic rings. The number of anilines is 1. The number of sulfonamides is 1. The molecule has 176 valence electrons. The van der Waals surface area contributed by atoms with Gasteiger partial charge >= 0.3 is 0 Å². The van der Waals surface area contributed by atoms with Gasteiger partial charge in [-0.25, -0.2) is 17.5 Å². The molecule has 11 heteroatoms. The van der Waals surface area contributed by atoms with Crippen LogP contribution in [0.25, 0.3) is 0 Å². The van der Waals surface area contributed by atoms with E-state index >= 15 is 0 Å². The van der Waals surface area contributed by atoms with E-state index in [0.717, 1.165) is 51.1 Å². The highest BCUT2D eigenvalue weighted by atomic mass is 127. The second-order valence-corrected chi connectivity index (χ2v) is 9.51. The summed E-state index contributed by atoms with van der Waals surface area (Å²) >= 11 is 0. The van der Waals surface area contributed by atoms with Crippen molar-refractivity contribution < 1.29 is 17.5 Å². The quantitative estimate of drug-likeness (QED) is 0.295. The van der Waals surface area contributed by atoms with Crippen molar-refractivity contribution in [1.82, 2.24) is 14.9 Å². The number of rotatable bonds is 7. The molecule has 0 aliphatic carbocycles. The Morgan fingerprint density at radius 1 is 1.19 bits per heavy atom. The zero-order valence-electron chi connectivity index (χ0n) is 17.9. The van der Waals surface area contributed by atoms with E-state index in [1.807, 2.05) is 0 Å². The molecule has 2 aliphatic rings. The first-order valence-electron chi connectivity index (χ1n) is 10.5. The third-order valence-corrected chi connectivity index (χ3v) is 6.79. The number of ether oxygens (including phenoxy) is 1. The van der Waals surface area contributed by atoms with Crippen LogP contribution in [-0.4, -0.2) is 84.1 Å². The van der Waals surface area contributed by atoms with Crippen LogP contribution in [-0.2, 0) is 14.8 Å². The lowest BCUT2D eigenvalue weighted by atomic mass is 10.1. The smallest absolute Gasteiger partial charge is 0.213 e. The Hall–Kier alpha value is -1.18. The van der Waals surface area contributed by atoms with Crippen LogP contribution in [0, 0.1) is 5.82 Å². The Morgan fingerprint density at radius 2 is 1.90 bits per heavy atom. The summed E-state index contributed by atoms with van der Waals surface area (Å²) in [6.45, 7) is 4.40.